The van der Waals surface area contributed by atoms with Gasteiger partial charge in [-0.25, -0.2) is 4.79 Å². The van der Waals surface area contributed by atoms with Crippen LogP contribution in [0.25, 0.3) is 10.9 Å². The first-order valence-corrected chi connectivity index (χ1v) is 7.76. The van der Waals surface area contributed by atoms with E-state index in [2.05, 4.69) is 15.6 Å². The van der Waals surface area contributed by atoms with Crippen molar-refractivity contribution in [1.29, 1.82) is 0 Å². The van der Waals surface area contributed by atoms with Crippen LogP contribution in [0.4, 0.5) is 10.5 Å². The van der Waals surface area contributed by atoms with Crippen LogP contribution in [0.1, 0.15) is 32.1 Å². The van der Waals surface area contributed by atoms with E-state index in [1.165, 1.54) is 19.3 Å². The van der Waals surface area contributed by atoms with Crippen molar-refractivity contribution < 1.29 is 9.53 Å². The Balaban J connectivity index is 1.78. The Bertz CT molecular complexity index is 666. The highest BCUT2D eigenvalue weighted by atomic mass is 16.5. The third kappa shape index (κ3) is 3.30. The van der Waals surface area contributed by atoms with Crippen molar-refractivity contribution in [2.75, 3.05) is 12.4 Å². The molecule has 22 heavy (non-hydrogen) atoms. The predicted molar refractivity (Wildman–Crippen MR) is 87.3 cm³/mol. The number of hydrogen-bond donors (Lipinski definition) is 2. The third-order valence-corrected chi connectivity index (χ3v) is 4.10. The van der Waals surface area contributed by atoms with E-state index >= 15 is 0 Å². The zero-order chi connectivity index (χ0) is 15.4. The summed E-state index contributed by atoms with van der Waals surface area (Å²) in [5, 5.41) is 6.90. The summed E-state index contributed by atoms with van der Waals surface area (Å²) in [6.45, 7) is 0. The number of nitrogens with one attached hydrogen (secondary N) is 2. The second-order valence-electron chi connectivity index (χ2n) is 5.68. The summed E-state index contributed by atoms with van der Waals surface area (Å²) in [7, 11) is 1.61. The first-order chi connectivity index (χ1) is 10.8. The van der Waals surface area contributed by atoms with Crippen molar-refractivity contribution in [3.8, 4) is 5.75 Å². The highest BCUT2D eigenvalue weighted by Crippen LogP contribution is 2.27. The van der Waals surface area contributed by atoms with Crippen LogP contribution in [0, 0.1) is 0 Å². The summed E-state index contributed by atoms with van der Waals surface area (Å²) in [6.07, 6.45) is 7.49. The molecular weight excluding hydrogens is 278 g/mol. The second kappa shape index (κ2) is 6.64. The summed E-state index contributed by atoms with van der Waals surface area (Å²) in [6, 6.07) is 7.64. The van der Waals surface area contributed by atoms with Gasteiger partial charge in [-0.3, -0.25) is 4.98 Å². The molecule has 0 saturated heterocycles. The molecule has 1 aliphatic rings. The molecular formula is C17H21N3O2. The third-order valence-electron chi connectivity index (χ3n) is 4.10. The Morgan fingerprint density at radius 2 is 2.09 bits per heavy atom. The van der Waals surface area contributed by atoms with Crippen molar-refractivity contribution in [3.05, 3.63) is 30.5 Å². The highest BCUT2D eigenvalue weighted by Gasteiger charge is 2.16. The van der Waals surface area contributed by atoms with Crippen molar-refractivity contribution >= 4 is 22.6 Å². The van der Waals surface area contributed by atoms with E-state index in [1.807, 2.05) is 18.2 Å². The molecule has 116 valence electrons. The average Bonchev–Trinajstić information content (AvgIpc) is 2.55. The van der Waals surface area contributed by atoms with Crippen LogP contribution in [0.5, 0.6) is 5.75 Å². The van der Waals surface area contributed by atoms with Crippen LogP contribution in [0.3, 0.4) is 0 Å². The number of amides is 2. The minimum Gasteiger partial charge on any atom is -0.497 e. The molecule has 0 unspecified atom stereocenters. The van der Waals surface area contributed by atoms with Crippen LogP contribution in [0.15, 0.2) is 30.5 Å². The molecule has 0 bridgehead atoms. The van der Waals surface area contributed by atoms with E-state index < -0.39 is 0 Å². The number of carbonyl (C=O) groups is 1. The minimum absolute atomic E-state index is 0.174. The van der Waals surface area contributed by atoms with Gasteiger partial charge in [0.05, 0.1) is 18.3 Å². The zero-order valence-electron chi connectivity index (χ0n) is 12.8. The van der Waals surface area contributed by atoms with Crippen molar-refractivity contribution in [2.24, 2.45) is 0 Å². The molecule has 2 amide bonds. The number of aromatic nitrogens is 1. The fourth-order valence-electron chi connectivity index (χ4n) is 2.97. The lowest BCUT2D eigenvalue weighted by atomic mass is 9.96. The number of anilines is 1. The Hall–Kier alpha value is -2.30. The van der Waals surface area contributed by atoms with Gasteiger partial charge in [-0.05, 0) is 25.0 Å². The molecule has 0 atom stereocenters. The van der Waals surface area contributed by atoms with Crippen LogP contribution in [0.2, 0.25) is 0 Å². The van der Waals surface area contributed by atoms with Crippen LogP contribution >= 0.6 is 0 Å². The summed E-state index contributed by atoms with van der Waals surface area (Å²) in [4.78, 5) is 16.6. The lowest BCUT2D eigenvalue weighted by Crippen LogP contribution is -2.39. The molecule has 5 heteroatoms. The summed E-state index contributed by atoms with van der Waals surface area (Å²) in [5.74, 6) is 0.702. The molecule has 5 nitrogen and oxygen atoms in total. The van der Waals surface area contributed by atoms with Crippen molar-refractivity contribution in [3.63, 3.8) is 0 Å². The van der Waals surface area contributed by atoms with Crippen molar-refractivity contribution in [2.45, 2.75) is 38.1 Å². The fraction of sp³-hybridized carbons (Fsp3) is 0.412. The SMILES string of the molecule is COc1cc(NC(=O)NC2CCCCC2)c2ncccc2c1. The monoisotopic (exact) mass is 299 g/mol. The van der Waals surface area contributed by atoms with Crippen LogP contribution < -0.4 is 15.4 Å². The number of ether oxygens (including phenoxy) is 1. The summed E-state index contributed by atoms with van der Waals surface area (Å²) >= 11 is 0. The van der Waals surface area contributed by atoms with Gasteiger partial charge in [0.25, 0.3) is 0 Å². The van der Waals surface area contributed by atoms with Gasteiger partial charge in [0.15, 0.2) is 0 Å². The Morgan fingerprint density at radius 3 is 2.86 bits per heavy atom. The predicted octanol–water partition coefficient (Wildman–Crippen LogP) is 3.70. The lowest BCUT2D eigenvalue weighted by molar-refractivity contribution is 0.244. The molecule has 0 aliphatic heterocycles. The minimum atomic E-state index is -0.174. The van der Waals surface area contributed by atoms with Gasteiger partial charge in [-0.1, -0.05) is 25.3 Å². The molecule has 0 radical (unpaired) electrons. The summed E-state index contributed by atoms with van der Waals surface area (Å²) in [5.41, 5.74) is 1.44. The maximum atomic E-state index is 12.2. The number of benzene rings is 1. The molecule has 2 N–H and O–H groups in total. The molecule has 2 aromatic rings. The Labute approximate surface area is 130 Å². The topological polar surface area (TPSA) is 63.2 Å². The van der Waals surface area contributed by atoms with E-state index in [0.717, 1.165) is 23.7 Å². The van der Waals surface area contributed by atoms with Crippen molar-refractivity contribution in [1.82, 2.24) is 10.3 Å². The molecule has 3 rings (SSSR count). The fourth-order valence-corrected chi connectivity index (χ4v) is 2.97. The zero-order valence-corrected chi connectivity index (χ0v) is 12.8. The number of urea groups is 1. The second-order valence-corrected chi connectivity index (χ2v) is 5.68. The van der Waals surface area contributed by atoms with E-state index in [4.69, 9.17) is 4.74 Å². The van der Waals surface area contributed by atoms with Gasteiger partial charge in [0.1, 0.15) is 5.75 Å². The highest BCUT2D eigenvalue weighted by molar-refractivity contribution is 6.00. The molecule has 1 aliphatic carbocycles. The standard InChI is InChI=1S/C17H21N3O2/c1-22-14-10-12-6-5-9-18-16(12)15(11-14)20-17(21)19-13-7-3-2-4-8-13/h5-6,9-11,13H,2-4,7-8H2,1H3,(H2,19,20,21). The van der Waals surface area contributed by atoms with Gasteiger partial charge in [-0.2, -0.15) is 0 Å². The quantitative estimate of drug-likeness (QED) is 0.908. The molecule has 1 aromatic heterocycles. The normalized spacial score (nSPS) is 15.5. The van der Waals surface area contributed by atoms with Gasteiger partial charge >= 0.3 is 6.03 Å². The maximum Gasteiger partial charge on any atom is 0.319 e. The lowest BCUT2D eigenvalue weighted by Gasteiger charge is -2.23. The number of rotatable bonds is 3. The van der Waals surface area contributed by atoms with Gasteiger partial charge in [0, 0.05) is 23.7 Å². The first-order valence-electron chi connectivity index (χ1n) is 7.76. The number of carbonyl (C=O) groups excluding carboxylic acids is 1. The molecule has 1 heterocycles. The van der Waals surface area contributed by atoms with E-state index in [-0.39, 0.29) is 12.1 Å². The van der Waals surface area contributed by atoms with E-state index in [1.54, 1.807) is 19.4 Å². The van der Waals surface area contributed by atoms with Crippen LogP contribution in [-0.4, -0.2) is 24.2 Å². The number of hydrogen-bond acceptors (Lipinski definition) is 3. The number of pyridine rings is 1. The Morgan fingerprint density at radius 1 is 1.27 bits per heavy atom. The summed E-state index contributed by atoms with van der Waals surface area (Å²) < 4.78 is 5.30. The largest absolute Gasteiger partial charge is 0.497 e. The van der Waals surface area contributed by atoms with E-state index in [0.29, 0.717) is 11.4 Å². The van der Waals surface area contributed by atoms with Gasteiger partial charge in [0.2, 0.25) is 0 Å². The number of methoxy groups -OCH3 is 1. The molecule has 0 spiro atoms. The smallest absolute Gasteiger partial charge is 0.319 e. The van der Waals surface area contributed by atoms with Gasteiger partial charge < -0.3 is 15.4 Å². The number of nitrogens with zero attached hydrogens (tertiary/aromatic N) is 1. The molecule has 1 fully saturated rings. The van der Waals surface area contributed by atoms with E-state index in [9.17, 15) is 4.79 Å². The molecule has 1 aromatic carbocycles. The average molecular weight is 299 g/mol. The van der Waals surface area contributed by atoms with Crippen LogP contribution in [-0.2, 0) is 0 Å². The first kappa shape index (κ1) is 14.6. The maximum absolute atomic E-state index is 12.2. The number of fused-ring (bicyclic) bond motifs is 1. The molecule has 1 saturated carbocycles. The van der Waals surface area contributed by atoms with Gasteiger partial charge in [-0.15, -0.1) is 0 Å². The Kier molecular flexibility index (Phi) is 4.42.